The Labute approximate surface area is 189 Å². The Morgan fingerprint density at radius 2 is 2.09 bits per heavy atom. The summed E-state index contributed by atoms with van der Waals surface area (Å²) in [5.41, 5.74) is 14.0. The monoisotopic (exact) mass is 470 g/mol. The van der Waals surface area contributed by atoms with E-state index in [2.05, 4.69) is 9.71 Å². The summed E-state index contributed by atoms with van der Waals surface area (Å²) < 4.78 is 28.4. The Kier molecular flexibility index (Phi) is 5.96. The molecule has 0 unspecified atom stereocenters. The largest absolute Gasteiger partial charge is 0.398 e. The van der Waals surface area contributed by atoms with Crippen LogP contribution in [0.15, 0.2) is 59.1 Å². The van der Waals surface area contributed by atoms with E-state index in [0.29, 0.717) is 29.8 Å². The lowest BCUT2D eigenvalue weighted by Gasteiger charge is -2.19. The standard InChI is InChI=1S/C21H22N6O3S2/c22-16-4-3-13(20(23)24)10-15(16)12-27-9-7-17(21(27)28)26-32(29,30)19-6-5-18(31-19)14-2-1-8-25-11-14/h1-6,8,10-11,17,26H,7,9,12,22H2,(H3,23,24)/t17-/m0/s1. The number of hydrogen-bond acceptors (Lipinski definition) is 7. The molecule has 11 heteroatoms. The van der Waals surface area contributed by atoms with Crippen molar-refractivity contribution in [2.45, 2.75) is 23.2 Å². The molecular formula is C21H22N6O3S2. The van der Waals surface area contributed by atoms with Crippen LogP contribution in [0.25, 0.3) is 10.4 Å². The number of thiophene rings is 1. The highest BCUT2D eigenvalue weighted by atomic mass is 32.2. The number of carbonyl (C=O) groups excluding carboxylic acids is 1. The van der Waals surface area contributed by atoms with E-state index in [-0.39, 0.29) is 22.5 Å². The zero-order chi connectivity index (χ0) is 22.9. The van der Waals surface area contributed by atoms with E-state index in [9.17, 15) is 13.2 Å². The van der Waals surface area contributed by atoms with E-state index in [1.165, 1.54) is 6.07 Å². The van der Waals surface area contributed by atoms with Gasteiger partial charge in [0, 0.05) is 47.2 Å². The maximum atomic E-state index is 12.9. The van der Waals surface area contributed by atoms with Gasteiger partial charge in [-0.2, -0.15) is 4.72 Å². The lowest BCUT2D eigenvalue weighted by atomic mass is 10.1. The minimum atomic E-state index is -3.85. The number of anilines is 1. The molecule has 0 saturated carbocycles. The van der Waals surface area contributed by atoms with Crippen molar-refractivity contribution in [3.8, 4) is 10.4 Å². The summed E-state index contributed by atoms with van der Waals surface area (Å²) in [5, 5.41) is 7.57. The zero-order valence-corrected chi connectivity index (χ0v) is 18.6. The van der Waals surface area contributed by atoms with Crippen molar-refractivity contribution in [1.29, 1.82) is 5.41 Å². The number of sulfonamides is 1. The molecule has 3 heterocycles. The maximum absolute atomic E-state index is 12.9. The number of aromatic nitrogens is 1. The number of nitrogens with one attached hydrogen (secondary N) is 2. The molecule has 1 atom stereocenters. The number of hydrogen-bond donors (Lipinski definition) is 4. The highest BCUT2D eigenvalue weighted by Crippen LogP contribution is 2.30. The summed E-state index contributed by atoms with van der Waals surface area (Å²) in [5.74, 6) is -0.406. The first kappa shape index (κ1) is 21.9. The molecule has 1 aliphatic heterocycles. The van der Waals surface area contributed by atoms with Gasteiger partial charge in [0.2, 0.25) is 5.91 Å². The number of amides is 1. The molecule has 32 heavy (non-hydrogen) atoms. The van der Waals surface area contributed by atoms with Gasteiger partial charge in [-0.25, -0.2) is 8.42 Å². The second-order valence-electron chi connectivity index (χ2n) is 7.41. The van der Waals surface area contributed by atoms with Crippen LogP contribution in [0.5, 0.6) is 0 Å². The molecule has 1 amide bonds. The summed E-state index contributed by atoms with van der Waals surface area (Å²) in [6, 6.07) is 11.0. The fraction of sp³-hybridized carbons (Fsp3) is 0.190. The van der Waals surface area contributed by atoms with Crippen LogP contribution in [-0.4, -0.2) is 42.6 Å². The molecule has 0 radical (unpaired) electrons. The van der Waals surface area contributed by atoms with Crippen LogP contribution >= 0.6 is 11.3 Å². The molecule has 6 N–H and O–H groups in total. The van der Waals surface area contributed by atoms with Crippen LogP contribution in [0.1, 0.15) is 17.5 Å². The van der Waals surface area contributed by atoms with E-state index in [1.807, 2.05) is 6.07 Å². The van der Waals surface area contributed by atoms with Crippen molar-refractivity contribution >= 4 is 38.8 Å². The Bertz CT molecular complexity index is 1270. The van der Waals surface area contributed by atoms with E-state index in [1.54, 1.807) is 47.6 Å². The number of benzene rings is 1. The van der Waals surface area contributed by atoms with Gasteiger partial charge in [-0.15, -0.1) is 11.3 Å². The summed E-state index contributed by atoms with van der Waals surface area (Å²) in [7, 11) is -3.85. The van der Waals surface area contributed by atoms with Crippen LogP contribution in [0.4, 0.5) is 5.69 Å². The Hall–Kier alpha value is -3.28. The van der Waals surface area contributed by atoms with Crippen molar-refractivity contribution in [3.05, 3.63) is 66.0 Å². The quantitative estimate of drug-likeness (QED) is 0.234. The average Bonchev–Trinajstić information content (AvgIpc) is 3.39. The predicted octanol–water partition coefficient (Wildman–Crippen LogP) is 1.76. The molecule has 0 aliphatic carbocycles. The zero-order valence-electron chi connectivity index (χ0n) is 17.0. The van der Waals surface area contributed by atoms with Crippen molar-refractivity contribution in [2.24, 2.45) is 5.73 Å². The smallest absolute Gasteiger partial charge is 0.250 e. The number of nitrogens with zero attached hydrogens (tertiary/aromatic N) is 2. The summed E-state index contributed by atoms with van der Waals surface area (Å²) in [6.07, 6.45) is 3.67. The van der Waals surface area contributed by atoms with Gasteiger partial charge in [-0.1, -0.05) is 6.07 Å². The van der Waals surface area contributed by atoms with Gasteiger partial charge in [-0.3, -0.25) is 15.2 Å². The highest BCUT2D eigenvalue weighted by molar-refractivity contribution is 7.91. The predicted molar refractivity (Wildman–Crippen MR) is 124 cm³/mol. The molecule has 2 aromatic heterocycles. The molecule has 1 aliphatic rings. The van der Waals surface area contributed by atoms with Crippen LogP contribution in [0.2, 0.25) is 0 Å². The number of nitrogen functional groups attached to an aromatic ring is 2. The maximum Gasteiger partial charge on any atom is 0.250 e. The molecule has 1 aromatic carbocycles. The Morgan fingerprint density at radius 1 is 1.28 bits per heavy atom. The number of nitrogens with two attached hydrogens (primary N) is 2. The molecule has 1 saturated heterocycles. The number of pyridine rings is 1. The second-order valence-corrected chi connectivity index (χ2v) is 10.4. The second kappa shape index (κ2) is 8.69. The molecule has 3 aromatic rings. The van der Waals surface area contributed by atoms with Gasteiger partial charge in [0.05, 0.1) is 0 Å². The molecule has 1 fully saturated rings. The highest BCUT2D eigenvalue weighted by Gasteiger charge is 2.35. The molecule has 0 bridgehead atoms. The minimum Gasteiger partial charge on any atom is -0.398 e. The van der Waals surface area contributed by atoms with E-state index < -0.39 is 16.1 Å². The number of carbonyl (C=O) groups is 1. The van der Waals surface area contributed by atoms with Gasteiger partial charge in [0.15, 0.2) is 0 Å². The van der Waals surface area contributed by atoms with Crippen LogP contribution < -0.4 is 16.2 Å². The van der Waals surface area contributed by atoms with Crippen molar-refractivity contribution in [3.63, 3.8) is 0 Å². The van der Waals surface area contributed by atoms with Gasteiger partial charge in [0.1, 0.15) is 16.1 Å². The van der Waals surface area contributed by atoms with Gasteiger partial charge >= 0.3 is 0 Å². The Balaban J connectivity index is 1.46. The van der Waals surface area contributed by atoms with Gasteiger partial charge in [0.25, 0.3) is 10.0 Å². The lowest BCUT2D eigenvalue weighted by molar-refractivity contribution is -0.129. The van der Waals surface area contributed by atoms with E-state index >= 15 is 0 Å². The normalized spacial score (nSPS) is 16.4. The summed E-state index contributed by atoms with van der Waals surface area (Å²) in [4.78, 5) is 19.2. The third-order valence-electron chi connectivity index (χ3n) is 5.20. The molecule has 9 nitrogen and oxygen atoms in total. The lowest BCUT2D eigenvalue weighted by Crippen LogP contribution is -2.41. The van der Waals surface area contributed by atoms with Gasteiger partial charge < -0.3 is 16.4 Å². The molecule has 0 spiro atoms. The molecular weight excluding hydrogens is 448 g/mol. The van der Waals surface area contributed by atoms with Crippen LogP contribution in [0.3, 0.4) is 0 Å². The number of rotatable bonds is 7. The first-order valence-electron chi connectivity index (χ1n) is 9.79. The van der Waals surface area contributed by atoms with E-state index in [0.717, 1.165) is 21.8 Å². The third kappa shape index (κ3) is 4.49. The third-order valence-corrected chi connectivity index (χ3v) is 8.30. The van der Waals surface area contributed by atoms with Crippen LogP contribution in [-0.2, 0) is 21.4 Å². The summed E-state index contributed by atoms with van der Waals surface area (Å²) in [6.45, 7) is 0.606. The fourth-order valence-corrected chi connectivity index (χ4v) is 6.03. The van der Waals surface area contributed by atoms with Crippen molar-refractivity contribution in [2.75, 3.05) is 12.3 Å². The first-order chi connectivity index (χ1) is 15.2. The van der Waals surface area contributed by atoms with E-state index in [4.69, 9.17) is 16.9 Å². The summed E-state index contributed by atoms with van der Waals surface area (Å²) >= 11 is 1.12. The Morgan fingerprint density at radius 3 is 2.81 bits per heavy atom. The molecule has 4 rings (SSSR count). The fourth-order valence-electron chi connectivity index (χ4n) is 3.49. The number of amidine groups is 1. The number of likely N-dealkylation sites (tertiary alicyclic amines) is 1. The minimum absolute atomic E-state index is 0.0914. The molecule has 166 valence electrons. The topological polar surface area (TPSA) is 155 Å². The SMILES string of the molecule is N=C(N)c1ccc(N)c(CN2CC[C@H](NS(=O)(=O)c3ccc(-c4cccnc4)s3)C2=O)c1. The van der Waals surface area contributed by atoms with Crippen molar-refractivity contribution in [1.82, 2.24) is 14.6 Å². The first-order valence-corrected chi connectivity index (χ1v) is 12.1. The van der Waals surface area contributed by atoms with Crippen LogP contribution in [0, 0.1) is 5.41 Å². The van der Waals surface area contributed by atoms with Gasteiger partial charge in [-0.05, 0) is 48.4 Å². The van der Waals surface area contributed by atoms with Crippen molar-refractivity contribution < 1.29 is 13.2 Å². The average molecular weight is 471 g/mol.